The number of ketones is 1. The normalized spacial score (nSPS) is 16.6. The number of carbonyl (C=O) groups is 1. The first kappa shape index (κ1) is 17.2. The number of benzene rings is 2. The molecule has 2 nitrogen and oxygen atoms in total. The highest BCUT2D eigenvalue weighted by atomic mass is 79.9. The largest absolute Gasteiger partial charge is 0.313 e. The molecule has 0 bridgehead atoms. The summed E-state index contributed by atoms with van der Waals surface area (Å²) in [5.74, 6) is -1.48. The molecule has 5 heteroatoms. The van der Waals surface area contributed by atoms with Crippen LogP contribution in [0.1, 0.15) is 29.4 Å². The van der Waals surface area contributed by atoms with E-state index in [9.17, 15) is 13.6 Å². The summed E-state index contributed by atoms with van der Waals surface area (Å²) in [6.45, 7) is 2.03. The van der Waals surface area contributed by atoms with Crippen molar-refractivity contribution in [2.24, 2.45) is 5.92 Å². The van der Waals surface area contributed by atoms with Crippen molar-refractivity contribution in [2.45, 2.75) is 19.8 Å². The van der Waals surface area contributed by atoms with Gasteiger partial charge in [-0.15, -0.1) is 0 Å². The van der Waals surface area contributed by atoms with Crippen molar-refractivity contribution in [1.82, 2.24) is 4.57 Å². The summed E-state index contributed by atoms with van der Waals surface area (Å²) in [6.07, 6.45) is 1.23. The second-order valence-corrected chi connectivity index (χ2v) is 7.68. The first-order chi connectivity index (χ1) is 12.4. The second-order valence-electron chi connectivity index (χ2n) is 6.77. The van der Waals surface area contributed by atoms with Gasteiger partial charge in [0.2, 0.25) is 0 Å². The van der Waals surface area contributed by atoms with Crippen molar-refractivity contribution >= 4 is 21.7 Å². The van der Waals surface area contributed by atoms with Crippen LogP contribution in [0, 0.1) is 17.6 Å². The van der Waals surface area contributed by atoms with Crippen LogP contribution < -0.4 is 0 Å². The average Bonchev–Trinajstić information content (AvgIpc) is 2.98. The Morgan fingerprint density at radius 3 is 2.42 bits per heavy atom. The maximum atomic E-state index is 13.9. The van der Waals surface area contributed by atoms with Gasteiger partial charge in [0.05, 0.1) is 5.69 Å². The van der Waals surface area contributed by atoms with Gasteiger partial charge in [0, 0.05) is 33.9 Å². The minimum atomic E-state index is -0.901. The summed E-state index contributed by atoms with van der Waals surface area (Å²) in [6, 6.07) is 13.4. The van der Waals surface area contributed by atoms with Crippen LogP contribution in [-0.4, -0.2) is 10.4 Å². The molecule has 1 heterocycles. The smallest absolute Gasteiger partial charge is 0.164 e. The summed E-state index contributed by atoms with van der Waals surface area (Å²) >= 11 is 3.42. The minimum Gasteiger partial charge on any atom is -0.313 e. The number of carbonyl (C=O) groups excluding carboxylic acids is 1. The lowest BCUT2D eigenvalue weighted by atomic mass is 9.88. The van der Waals surface area contributed by atoms with Crippen molar-refractivity contribution in [3.63, 3.8) is 0 Å². The highest BCUT2D eigenvalue weighted by Gasteiger charge is 2.28. The maximum Gasteiger partial charge on any atom is 0.164 e. The molecule has 0 spiro atoms. The SMILES string of the molecule is C[C@@H]1CC(=O)c2cc(-c3ccc(Br)cc3)n(-c3ccc(F)c(F)c3)c2C1. The lowest BCUT2D eigenvalue weighted by Crippen LogP contribution is -2.19. The van der Waals surface area contributed by atoms with Crippen LogP contribution >= 0.6 is 15.9 Å². The molecule has 1 aliphatic carbocycles. The molecular formula is C21H16BrF2NO. The molecule has 0 saturated carbocycles. The zero-order chi connectivity index (χ0) is 18.4. The minimum absolute atomic E-state index is 0.0958. The van der Waals surface area contributed by atoms with E-state index in [0.717, 1.165) is 33.9 Å². The van der Waals surface area contributed by atoms with Crippen molar-refractivity contribution in [3.05, 3.63) is 75.9 Å². The molecule has 2 aromatic carbocycles. The molecule has 0 amide bonds. The van der Waals surface area contributed by atoms with Gasteiger partial charge < -0.3 is 4.57 Å². The van der Waals surface area contributed by atoms with E-state index < -0.39 is 11.6 Å². The Hall–Kier alpha value is -2.27. The number of aromatic nitrogens is 1. The second kappa shape index (κ2) is 6.47. The first-order valence-corrected chi connectivity index (χ1v) is 9.22. The van der Waals surface area contributed by atoms with E-state index in [1.807, 2.05) is 41.8 Å². The third-order valence-corrected chi connectivity index (χ3v) is 5.31. The van der Waals surface area contributed by atoms with Crippen molar-refractivity contribution in [2.75, 3.05) is 0 Å². The van der Waals surface area contributed by atoms with Gasteiger partial charge in [-0.3, -0.25) is 4.79 Å². The van der Waals surface area contributed by atoms with E-state index in [1.165, 1.54) is 6.07 Å². The highest BCUT2D eigenvalue weighted by Crippen LogP contribution is 2.36. The molecule has 26 heavy (non-hydrogen) atoms. The first-order valence-electron chi connectivity index (χ1n) is 8.43. The maximum absolute atomic E-state index is 13.9. The summed E-state index contributed by atoms with van der Waals surface area (Å²) < 4.78 is 30.1. The fourth-order valence-electron chi connectivity index (χ4n) is 3.57. The van der Waals surface area contributed by atoms with Gasteiger partial charge >= 0.3 is 0 Å². The number of nitrogens with zero attached hydrogens (tertiary/aromatic N) is 1. The van der Waals surface area contributed by atoms with Crippen LogP contribution in [-0.2, 0) is 6.42 Å². The molecule has 0 aliphatic heterocycles. The Kier molecular flexibility index (Phi) is 4.27. The molecule has 3 aromatic rings. The Morgan fingerprint density at radius 1 is 1.00 bits per heavy atom. The zero-order valence-corrected chi connectivity index (χ0v) is 15.7. The average molecular weight is 416 g/mol. The van der Waals surface area contributed by atoms with Crippen molar-refractivity contribution < 1.29 is 13.6 Å². The third-order valence-electron chi connectivity index (χ3n) is 4.78. The van der Waals surface area contributed by atoms with Gasteiger partial charge in [-0.25, -0.2) is 8.78 Å². The summed E-state index contributed by atoms with van der Waals surface area (Å²) in [5, 5.41) is 0. The topological polar surface area (TPSA) is 22.0 Å². The highest BCUT2D eigenvalue weighted by molar-refractivity contribution is 9.10. The molecule has 1 aliphatic rings. The van der Waals surface area contributed by atoms with Gasteiger partial charge in [0.25, 0.3) is 0 Å². The van der Waals surface area contributed by atoms with Crippen LogP contribution in [0.25, 0.3) is 16.9 Å². The molecule has 4 rings (SSSR count). The Balaban J connectivity index is 1.99. The van der Waals surface area contributed by atoms with E-state index in [4.69, 9.17) is 0 Å². The van der Waals surface area contributed by atoms with E-state index in [-0.39, 0.29) is 11.7 Å². The predicted octanol–water partition coefficient (Wildman–Crippen LogP) is 5.95. The quantitative estimate of drug-likeness (QED) is 0.506. The van der Waals surface area contributed by atoms with Crippen LogP contribution in [0.2, 0.25) is 0 Å². The van der Waals surface area contributed by atoms with E-state index >= 15 is 0 Å². The van der Waals surface area contributed by atoms with Crippen LogP contribution in [0.15, 0.2) is 53.0 Å². The monoisotopic (exact) mass is 415 g/mol. The number of hydrogen-bond acceptors (Lipinski definition) is 1. The van der Waals surface area contributed by atoms with E-state index in [2.05, 4.69) is 15.9 Å². The van der Waals surface area contributed by atoms with E-state index in [0.29, 0.717) is 17.7 Å². The third kappa shape index (κ3) is 2.90. The molecule has 1 aromatic heterocycles. The molecular weight excluding hydrogens is 400 g/mol. The van der Waals surface area contributed by atoms with Gasteiger partial charge in [-0.1, -0.05) is 35.0 Å². The summed E-state index contributed by atoms with van der Waals surface area (Å²) in [7, 11) is 0. The van der Waals surface area contributed by atoms with Gasteiger partial charge in [0.15, 0.2) is 17.4 Å². The van der Waals surface area contributed by atoms with Crippen LogP contribution in [0.5, 0.6) is 0 Å². The molecule has 0 N–H and O–H groups in total. The zero-order valence-electron chi connectivity index (χ0n) is 14.1. The summed E-state index contributed by atoms with van der Waals surface area (Å²) in [4.78, 5) is 12.5. The molecule has 0 saturated heterocycles. The van der Waals surface area contributed by atoms with Crippen molar-refractivity contribution in [1.29, 1.82) is 0 Å². The fraction of sp³-hybridized carbons (Fsp3) is 0.190. The predicted molar refractivity (Wildman–Crippen MR) is 101 cm³/mol. The Morgan fingerprint density at radius 2 is 1.73 bits per heavy atom. The standard InChI is InChI=1S/C21H16BrF2NO/c1-12-8-20-16(21(26)9-12)11-19(13-2-4-14(22)5-3-13)25(20)15-6-7-17(23)18(24)10-15/h2-7,10-12H,8-9H2,1H3/t12-/m0/s1. The Labute approximate surface area is 158 Å². The fourth-order valence-corrected chi connectivity index (χ4v) is 3.84. The van der Waals surface area contributed by atoms with E-state index in [1.54, 1.807) is 6.07 Å². The molecule has 0 radical (unpaired) electrons. The van der Waals surface area contributed by atoms with Gasteiger partial charge in [-0.05, 0) is 48.2 Å². The van der Waals surface area contributed by atoms with Crippen LogP contribution in [0.3, 0.4) is 0 Å². The molecule has 0 unspecified atom stereocenters. The molecule has 0 fully saturated rings. The van der Waals surface area contributed by atoms with Crippen molar-refractivity contribution in [3.8, 4) is 16.9 Å². The molecule has 1 atom stereocenters. The number of fused-ring (bicyclic) bond motifs is 1. The molecule has 132 valence electrons. The Bertz CT molecular complexity index is 1010. The number of Topliss-reactive ketones (excluding diaryl/α,β-unsaturated/α-hetero) is 1. The van der Waals surface area contributed by atoms with Crippen LogP contribution in [0.4, 0.5) is 8.78 Å². The number of rotatable bonds is 2. The van der Waals surface area contributed by atoms with Gasteiger partial charge in [0.1, 0.15) is 0 Å². The number of hydrogen-bond donors (Lipinski definition) is 0. The summed E-state index contributed by atoms with van der Waals surface area (Å²) in [5.41, 5.74) is 3.76. The van der Waals surface area contributed by atoms with Gasteiger partial charge in [-0.2, -0.15) is 0 Å². The number of halogens is 3. The lowest BCUT2D eigenvalue weighted by Gasteiger charge is -2.21. The lowest BCUT2D eigenvalue weighted by molar-refractivity contribution is 0.0952.